The molecule has 1 aliphatic heterocycles. The number of carboxylic acid groups (broad SMARTS) is 1. The molecule has 2 rings (SSSR count). The molecule has 7 nitrogen and oxygen atoms in total. The Morgan fingerprint density at radius 3 is 2.36 bits per heavy atom. The fraction of sp³-hybridized carbons (Fsp3) is 0.267. The van der Waals surface area contributed by atoms with E-state index in [0.29, 0.717) is 16.8 Å². The summed E-state index contributed by atoms with van der Waals surface area (Å²) in [7, 11) is 2.82. The Balaban J connectivity index is 2.49. The number of esters is 1. The van der Waals surface area contributed by atoms with E-state index in [0.717, 1.165) is 0 Å². The van der Waals surface area contributed by atoms with Gasteiger partial charge in [0.25, 0.3) is 0 Å². The third-order valence-electron chi connectivity index (χ3n) is 3.65. The average molecular weight is 304 g/mol. The molecule has 1 aliphatic rings. The van der Waals surface area contributed by atoms with Gasteiger partial charge in [-0.3, -0.25) is 0 Å². The highest BCUT2D eigenvalue weighted by molar-refractivity contribution is 5.95. The zero-order chi connectivity index (χ0) is 16.4. The van der Waals surface area contributed by atoms with Crippen molar-refractivity contribution in [1.82, 2.24) is 10.2 Å². The standard InChI is InChI=1S/C15H16N2O5/c1-8-11(14(20)22-3)12(16-15(21)17(8)2)9-4-6-10(7-5-9)13(18)19/h4-7,12H,1-3H3,(H,16,21)(H,18,19). The van der Waals surface area contributed by atoms with Crippen LogP contribution in [0.3, 0.4) is 0 Å². The third kappa shape index (κ3) is 2.65. The first kappa shape index (κ1) is 15.6. The Kier molecular flexibility index (Phi) is 4.16. The van der Waals surface area contributed by atoms with Gasteiger partial charge in [-0.1, -0.05) is 12.1 Å². The lowest BCUT2D eigenvalue weighted by atomic mass is 9.94. The van der Waals surface area contributed by atoms with Gasteiger partial charge in [0.1, 0.15) is 0 Å². The highest BCUT2D eigenvalue weighted by Gasteiger charge is 2.34. The first-order valence-electron chi connectivity index (χ1n) is 6.53. The molecule has 1 heterocycles. The largest absolute Gasteiger partial charge is 0.478 e. The van der Waals surface area contributed by atoms with Crippen molar-refractivity contribution in [3.63, 3.8) is 0 Å². The molecule has 0 fully saturated rings. The molecule has 0 saturated carbocycles. The van der Waals surface area contributed by atoms with E-state index >= 15 is 0 Å². The van der Waals surface area contributed by atoms with Gasteiger partial charge in [0, 0.05) is 12.7 Å². The molecule has 0 saturated heterocycles. The molecule has 22 heavy (non-hydrogen) atoms. The number of nitrogens with zero attached hydrogens (tertiary/aromatic N) is 1. The van der Waals surface area contributed by atoms with Crippen molar-refractivity contribution in [3.05, 3.63) is 46.7 Å². The number of nitrogens with one attached hydrogen (secondary N) is 1. The second-order valence-corrected chi connectivity index (χ2v) is 4.86. The summed E-state index contributed by atoms with van der Waals surface area (Å²) in [6.07, 6.45) is 0. The van der Waals surface area contributed by atoms with E-state index in [-0.39, 0.29) is 11.6 Å². The monoisotopic (exact) mass is 304 g/mol. The van der Waals surface area contributed by atoms with Gasteiger partial charge in [-0.15, -0.1) is 0 Å². The predicted octanol–water partition coefficient (Wildman–Crippen LogP) is 1.53. The van der Waals surface area contributed by atoms with Crippen molar-refractivity contribution in [1.29, 1.82) is 0 Å². The summed E-state index contributed by atoms with van der Waals surface area (Å²) >= 11 is 0. The van der Waals surface area contributed by atoms with E-state index in [4.69, 9.17) is 9.84 Å². The molecular weight excluding hydrogens is 288 g/mol. The van der Waals surface area contributed by atoms with Gasteiger partial charge >= 0.3 is 18.0 Å². The van der Waals surface area contributed by atoms with E-state index in [2.05, 4.69) is 5.32 Å². The normalized spacial score (nSPS) is 18.0. The maximum Gasteiger partial charge on any atom is 0.337 e. The van der Waals surface area contributed by atoms with E-state index < -0.39 is 18.0 Å². The van der Waals surface area contributed by atoms with Gasteiger partial charge < -0.3 is 20.1 Å². The van der Waals surface area contributed by atoms with Crippen molar-refractivity contribution in [2.24, 2.45) is 0 Å². The number of carbonyl (C=O) groups is 3. The summed E-state index contributed by atoms with van der Waals surface area (Å²) in [6.45, 7) is 1.66. The Labute approximate surface area is 127 Å². The number of hydrogen-bond donors (Lipinski definition) is 2. The van der Waals surface area contributed by atoms with Crippen LogP contribution in [0, 0.1) is 0 Å². The first-order chi connectivity index (χ1) is 10.4. The topological polar surface area (TPSA) is 95.9 Å². The zero-order valence-corrected chi connectivity index (χ0v) is 12.4. The Bertz CT molecular complexity index is 663. The molecule has 1 atom stereocenters. The number of aromatic carboxylic acids is 1. The Hall–Kier alpha value is -2.83. The van der Waals surface area contributed by atoms with Crippen LogP contribution in [0.2, 0.25) is 0 Å². The van der Waals surface area contributed by atoms with Crippen molar-refractivity contribution in [2.75, 3.05) is 14.2 Å². The molecule has 2 N–H and O–H groups in total. The van der Waals surface area contributed by atoms with Crippen LogP contribution in [0.5, 0.6) is 0 Å². The minimum atomic E-state index is -1.04. The maximum absolute atomic E-state index is 12.0. The molecule has 0 aliphatic carbocycles. The number of rotatable bonds is 3. The molecular formula is C15H16N2O5. The Morgan fingerprint density at radius 2 is 1.86 bits per heavy atom. The second kappa shape index (κ2) is 5.88. The number of urea groups is 1. The Morgan fingerprint density at radius 1 is 1.27 bits per heavy atom. The first-order valence-corrected chi connectivity index (χ1v) is 6.53. The maximum atomic E-state index is 12.0. The van der Waals surface area contributed by atoms with Crippen LogP contribution in [-0.2, 0) is 9.53 Å². The molecule has 2 amide bonds. The SMILES string of the molecule is COC(=O)C1=C(C)N(C)C(=O)NC1c1ccc(C(=O)O)cc1. The molecule has 0 radical (unpaired) electrons. The van der Waals surface area contributed by atoms with Crippen molar-refractivity contribution < 1.29 is 24.2 Å². The number of hydrogen-bond acceptors (Lipinski definition) is 4. The highest BCUT2D eigenvalue weighted by atomic mass is 16.5. The highest BCUT2D eigenvalue weighted by Crippen LogP contribution is 2.30. The summed E-state index contributed by atoms with van der Waals surface area (Å²) < 4.78 is 4.79. The van der Waals surface area contributed by atoms with E-state index in [1.54, 1.807) is 26.1 Å². The van der Waals surface area contributed by atoms with Gasteiger partial charge in [-0.25, -0.2) is 14.4 Å². The third-order valence-corrected chi connectivity index (χ3v) is 3.65. The molecule has 0 spiro atoms. The van der Waals surface area contributed by atoms with Gasteiger partial charge in [-0.05, 0) is 24.6 Å². The minimum absolute atomic E-state index is 0.128. The fourth-order valence-corrected chi connectivity index (χ4v) is 2.28. The lowest BCUT2D eigenvalue weighted by molar-refractivity contribution is -0.136. The summed E-state index contributed by atoms with van der Waals surface area (Å²) in [6, 6.07) is 4.95. The van der Waals surface area contributed by atoms with Gasteiger partial charge in [0.15, 0.2) is 0 Å². The lowest BCUT2D eigenvalue weighted by Crippen LogP contribution is -2.46. The van der Waals surface area contributed by atoms with Crippen LogP contribution in [0.25, 0.3) is 0 Å². The lowest BCUT2D eigenvalue weighted by Gasteiger charge is -2.33. The van der Waals surface area contributed by atoms with Crippen molar-refractivity contribution in [2.45, 2.75) is 13.0 Å². The van der Waals surface area contributed by atoms with Gasteiger partial charge in [0.05, 0.1) is 24.3 Å². The molecule has 1 aromatic carbocycles. The molecule has 0 bridgehead atoms. The summed E-state index contributed by atoms with van der Waals surface area (Å²) in [5.41, 5.74) is 1.53. The number of ether oxygens (including phenoxy) is 1. The van der Waals surface area contributed by atoms with Crippen LogP contribution in [0.4, 0.5) is 4.79 Å². The quantitative estimate of drug-likeness (QED) is 0.826. The summed E-state index contributed by atoms with van der Waals surface area (Å²) in [4.78, 5) is 36.2. The number of carboxylic acids is 1. The fourth-order valence-electron chi connectivity index (χ4n) is 2.28. The number of allylic oxidation sites excluding steroid dienone is 1. The number of carbonyl (C=O) groups excluding carboxylic acids is 2. The molecule has 7 heteroatoms. The average Bonchev–Trinajstić information content (AvgIpc) is 2.51. The van der Waals surface area contributed by atoms with Crippen LogP contribution >= 0.6 is 0 Å². The molecule has 1 aromatic rings. The van der Waals surface area contributed by atoms with Crippen LogP contribution < -0.4 is 5.32 Å². The van der Waals surface area contributed by atoms with E-state index in [1.165, 1.54) is 24.1 Å². The predicted molar refractivity (Wildman–Crippen MR) is 77.2 cm³/mol. The molecule has 1 unspecified atom stereocenters. The van der Waals surface area contributed by atoms with Crippen LogP contribution in [0.15, 0.2) is 35.5 Å². The van der Waals surface area contributed by atoms with Crippen LogP contribution in [-0.4, -0.2) is 42.1 Å². The molecule has 116 valence electrons. The van der Waals surface area contributed by atoms with Gasteiger partial charge in [-0.2, -0.15) is 0 Å². The van der Waals surface area contributed by atoms with Gasteiger partial charge in [0.2, 0.25) is 0 Å². The van der Waals surface area contributed by atoms with Crippen molar-refractivity contribution in [3.8, 4) is 0 Å². The van der Waals surface area contributed by atoms with E-state index in [1.807, 2.05) is 0 Å². The summed E-state index contributed by atoms with van der Waals surface area (Å²) in [5, 5.41) is 11.6. The summed E-state index contributed by atoms with van der Waals surface area (Å²) in [5.74, 6) is -1.59. The smallest absolute Gasteiger partial charge is 0.337 e. The van der Waals surface area contributed by atoms with E-state index in [9.17, 15) is 14.4 Å². The van der Waals surface area contributed by atoms with Crippen LogP contribution in [0.1, 0.15) is 28.9 Å². The molecule has 0 aromatic heterocycles. The minimum Gasteiger partial charge on any atom is -0.478 e. The number of benzene rings is 1. The van der Waals surface area contributed by atoms with Crippen molar-refractivity contribution >= 4 is 18.0 Å². The number of amides is 2. The number of methoxy groups -OCH3 is 1. The second-order valence-electron chi connectivity index (χ2n) is 4.86. The zero-order valence-electron chi connectivity index (χ0n) is 12.4.